The lowest BCUT2D eigenvalue weighted by molar-refractivity contribution is -0.121. The molecule has 1 aromatic rings. The standard InChI is InChI=1S/C16H22BrClN2O/c1-2-3-4-11-5-7-12(8-6-11)16(21)20-14-9-13(17)10-19-15(14)18/h9-12H,2-8H2,1H3,(H,20,21). The SMILES string of the molecule is CCCCC1CCC(C(=O)Nc2cc(Br)cnc2Cl)CC1. The lowest BCUT2D eigenvalue weighted by Crippen LogP contribution is -2.27. The third-order valence-corrected chi connectivity index (χ3v) is 4.98. The molecule has 1 amide bonds. The molecule has 3 nitrogen and oxygen atoms in total. The summed E-state index contributed by atoms with van der Waals surface area (Å²) < 4.78 is 0.811. The van der Waals surface area contributed by atoms with Crippen LogP contribution in [0.4, 0.5) is 5.69 Å². The van der Waals surface area contributed by atoms with Crippen molar-refractivity contribution in [1.29, 1.82) is 0 Å². The highest BCUT2D eigenvalue weighted by Gasteiger charge is 2.26. The Morgan fingerprint density at radius 2 is 2.14 bits per heavy atom. The number of nitrogens with zero attached hydrogens (tertiary/aromatic N) is 1. The summed E-state index contributed by atoms with van der Waals surface area (Å²) in [4.78, 5) is 16.4. The second kappa shape index (κ2) is 8.14. The van der Waals surface area contributed by atoms with Gasteiger partial charge >= 0.3 is 0 Å². The van der Waals surface area contributed by atoms with Gasteiger partial charge < -0.3 is 5.32 Å². The highest BCUT2D eigenvalue weighted by Crippen LogP contribution is 2.33. The van der Waals surface area contributed by atoms with Gasteiger partial charge in [-0.2, -0.15) is 0 Å². The third-order valence-electron chi connectivity index (χ3n) is 4.25. The van der Waals surface area contributed by atoms with E-state index in [-0.39, 0.29) is 11.8 Å². The fourth-order valence-corrected chi connectivity index (χ4v) is 3.43. The van der Waals surface area contributed by atoms with Crippen LogP contribution in [0.1, 0.15) is 51.9 Å². The predicted octanol–water partition coefficient (Wildman–Crippen LogP) is 5.43. The van der Waals surface area contributed by atoms with Crippen molar-refractivity contribution < 1.29 is 4.79 Å². The molecule has 0 spiro atoms. The lowest BCUT2D eigenvalue weighted by Gasteiger charge is -2.27. The summed E-state index contributed by atoms with van der Waals surface area (Å²) in [5.74, 6) is 0.994. The Morgan fingerprint density at radius 1 is 1.43 bits per heavy atom. The van der Waals surface area contributed by atoms with E-state index in [1.54, 1.807) is 12.3 Å². The smallest absolute Gasteiger partial charge is 0.227 e. The molecule has 2 rings (SSSR count). The molecule has 0 atom stereocenters. The molecule has 1 saturated carbocycles. The minimum atomic E-state index is 0.0748. The van der Waals surface area contributed by atoms with Crippen molar-refractivity contribution >= 4 is 39.1 Å². The van der Waals surface area contributed by atoms with Gasteiger partial charge in [0, 0.05) is 16.6 Å². The van der Waals surface area contributed by atoms with Crippen molar-refractivity contribution in [2.24, 2.45) is 11.8 Å². The Balaban J connectivity index is 1.86. The number of carbonyl (C=O) groups excluding carboxylic acids is 1. The van der Waals surface area contributed by atoms with Gasteiger partial charge in [0.15, 0.2) is 5.15 Å². The summed E-state index contributed by atoms with van der Waals surface area (Å²) in [5, 5.41) is 3.25. The van der Waals surface area contributed by atoms with Gasteiger partial charge in [-0.15, -0.1) is 0 Å². The molecule has 1 heterocycles. The van der Waals surface area contributed by atoms with E-state index in [1.165, 1.54) is 32.1 Å². The normalized spacial score (nSPS) is 22.0. The number of rotatable bonds is 5. The molecule has 1 aromatic heterocycles. The number of anilines is 1. The molecule has 1 fully saturated rings. The molecule has 5 heteroatoms. The fraction of sp³-hybridized carbons (Fsp3) is 0.625. The molecule has 1 aliphatic rings. The minimum Gasteiger partial charge on any atom is -0.323 e. The molecule has 0 saturated heterocycles. The summed E-state index contributed by atoms with van der Waals surface area (Å²) in [7, 11) is 0. The van der Waals surface area contributed by atoms with Gasteiger partial charge in [0.1, 0.15) is 0 Å². The van der Waals surface area contributed by atoms with E-state index in [0.29, 0.717) is 10.8 Å². The minimum absolute atomic E-state index is 0.0748. The van der Waals surface area contributed by atoms with Crippen molar-refractivity contribution in [3.05, 3.63) is 21.9 Å². The summed E-state index contributed by atoms with van der Waals surface area (Å²) in [6.45, 7) is 2.23. The Morgan fingerprint density at radius 3 is 2.81 bits per heavy atom. The van der Waals surface area contributed by atoms with Crippen LogP contribution >= 0.6 is 27.5 Å². The zero-order chi connectivity index (χ0) is 15.2. The Hall–Kier alpha value is -0.610. The first-order valence-corrected chi connectivity index (χ1v) is 8.89. The average Bonchev–Trinajstić information content (AvgIpc) is 2.49. The molecular formula is C16H22BrClN2O. The molecule has 0 aromatic carbocycles. The molecule has 21 heavy (non-hydrogen) atoms. The van der Waals surface area contributed by atoms with Crippen LogP contribution in [-0.2, 0) is 4.79 Å². The Kier molecular flexibility index (Phi) is 6.49. The van der Waals surface area contributed by atoms with E-state index in [1.807, 2.05) is 0 Å². The summed E-state index contributed by atoms with van der Waals surface area (Å²) >= 11 is 9.35. The molecule has 1 aliphatic carbocycles. The van der Waals surface area contributed by atoms with Crippen molar-refractivity contribution in [3.63, 3.8) is 0 Å². The van der Waals surface area contributed by atoms with Crippen molar-refractivity contribution in [3.8, 4) is 0 Å². The van der Waals surface area contributed by atoms with Crippen LogP contribution in [0.2, 0.25) is 5.15 Å². The number of carbonyl (C=O) groups is 1. The van der Waals surface area contributed by atoms with E-state index >= 15 is 0 Å². The van der Waals surface area contributed by atoms with Crippen LogP contribution in [0.25, 0.3) is 0 Å². The number of nitrogens with one attached hydrogen (secondary N) is 1. The highest BCUT2D eigenvalue weighted by atomic mass is 79.9. The zero-order valence-electron chi connectivity index (χ0n) is 12.4. The molecular weight excluding hydrogens is 352 g/mol. The third kappa shape index (κ3) is 4.96. The second-order valence-electron chi connectivity index (χ2n) is 5.84. The molecule has 0 unspecified atom stereocenters. The average molecular weight is 374 g/mol. The van der Waals surface area contributed by atoms with Crippen LogP contribution in [-0.4, -0.2) is 10.9 Å². The maximum Gasteiger partial charge on any atom is 0.227 e. The van der Waals surface area contributed by atoms with Gasteiger partial charge in [-0.1, -0.05) is 37.8 Å². The van der Waals surface area contributed by atoms with Gasteiger partial charge in [0.2, 0.25) is 5.91 Å². The quantitative estimate of drug-likeness (QED) is 0.699. The number of hydrogen-bond acceptors (Lipinski definition) is 2. The maximum absolute atomic E-state index is 12.3. The highest BCUT2D eigenvalue weighted by molar-refractivity contribution is 9.10. The second-order valence-corrected chi connectivity index (χ2v) is 7.11. The first-order valence-electron chi connectivity index (χ1n) is 7.72. The van der Waals surface area contributed by atoms with Gasteiger partial charge in [-0.25, -0.2) is 4.98 Å². The van der Waals surface area contributed by atoms with E-state index in [0.717, 1.165) is 23.2 Å². The zero-order valence-corrected chi connectivity index (χ0v) is 14.7. The topological polar surface area (TPSA) is 42.0 Å². The number of hydrogen-bond donors (Lipinski definition) is 1. The van der Waals surface area contributed by atoms with Gasteiger partial charge in [0.25, 0.3) is 0 Å². The largest absolute Gasteiger partial charge is 0.323 e. The first-order chi connectivity index (χ1) is 10.1. The van der Waals surface area contributed by atoms with E-state index in [9.17, 15) is 4.79 Å². The number of halogens is 2. The monoisotopic (exact) mass is 372 g/mol. The molecule has 0 aliphatic heterocycles. The number of aromatic nitrogens is 1. The Labute approximate surface area is 140 Å². The van der Waals surface area contributed by atoms with Crippen LogP contribution in [0.3, 0.4) is 0 Å². The van der Waals surface area contributed by atoms with Gasteiger partial charge in [-0.3, -0.25) is 4.79 Å². The van der Waals surface area contributed by atoms with Crippen LogP contribution in [0.5, 0.6) is 0 Å². The van der Waals surface area contributed by atoms with E-state index in [4.69, 9.17) is 11.6 Å². The molecule has 0 bridgehead atoms. The van der Waals surface area contributed by atoms with Gasteiger partial charge in [0.05, 0.1) is 5.69 Å². The van der Waals surface area contributed by atoms with E-state index < -0.39 is 0 Å². The molecule has 116 valence electrons. The number of amides is 1. The molecule has 0 radical (unpaired) electrons. The number of unbranched alkanes of at least 4 members (excludes halogenated alkanes) is 1. The first kappa shape index (κ1) is 16.8. The Bertz CT molecular complexity index is 487. The summed E-state index contributed by atoms with van der Waals surface area (Å²) in [6.07, 6.45) is 9.81. The summed E-state index contributed by atoms with van der Waals surface area (Å²) in [6, 6.07) is 1.79. The lowest BCUT2D eigenvalue weighted by atomic mass is 9.79. The predicted molar refractivity (Wildman–Crippen MR) is 90.5 cm³/mol. The van der Waals surface area contributed by atoms with Crippen LogP contribution in [0, 0.1) is 11.8 Å². The number of pyridine rings is 1. The van der Waals surface area contributed by atoms with Gasteiger partial charge in [-0.05, 0) is 53.6 Å². The van der Waals surface area contributed by atoms with Crippen molar-refractivity contribution in [2.45, 2.75) is 51.9 Å². The van der Waals surface area contributed by atoms with Crippen LogP contribution in [0.15, 0.2) is 16.7 Å². The summed E-state index contributed by atoms with van der Waals surface area (Å²) in [5.41, 5.74) is 0.587. The van der Waals surface area contributed by atoms with Crippen molar-refractivity contribution in [1.82, 2.24) is 4.98 Å². The molecule has 1 N–H and O–H groups in total. The maximum atomic E-state index is 12.3. The van der Waals surface area contributed by atoms with E-state index in [2.05, 4.69) is 33.2 Å². The van der Waals surface area contributed by atoms with Crippen molar-refractivity contribution in [2.75, 3.05) is 5.32 Å². The van der Waals surface area contributed by atoms with Crippen LogP contribution < -0.4 is 5.32 Å². The fourth-order valence-electron chi connectivity index (χ4n) is 2.95.